The molecule has 2 aromatic carbocycles. The van der Waals surface area contributed by atoms with Gasteiger partial charge in [-0.2, -0.15) is 0 Å². The Bertz CT molecular complexity index is 747. The fraction of sp³-hybridized carbons (Fsp3) is 0.381. The molecule has 0 fully saturated rings. The standard InChI is InChI=1S/C21H30N4O3.HI/c1-22-21(23-11-12-25(2)17-9-7-6-8-10-17)24-15-16-13-18(26-3)20(28-5)19(14-16)27-4;/h6-10,13-14H,11-12,15H2,1-5H3,(H2,22,23,24);1H. The maximum Gasteiger partial charge on any atom is 0.203 e. The fourth-order valence-corrected chi connectivity index (χ4v) is 2.80. The van der Waals surface area contributed by atoms with Gasteiger partial charge in [0.05, 0.1) is 21.3 Å². The summed E-state index contributed by atoms with van der Waals surface area (Å²) in [6.45, 7) is 2.19. The second-order valence-electron chi connectivity index (χ2n) is 6.14. The van der Waals surface area contributed by atoms with Gasteiger partial charge in [-0.05, 0) is 29.8 Å². The van der Waals surface area contributed by atoms with Gasteiger partial charge in [0.15, 0.2) is 17.5 Å². The summed E-state index contributed by atoms with van der Waals surface area (Å²) in [6, 6.07) is 14.1. The van der Waals surface area contributed by atoms with E-state index in [0.29, 0.717) is 23.8 Å². The summed E-state index contributed by atoms with van der Waals surface area (Å²) in [5.74, 6) is 2.58. The molecule has 29 heavy (non-hydrogen) atoms. The highest BCUT2D eigenvalue weighted by Crippen LogP contribution is 2.38. The van der Waals surface area contributed by atoms with E-state index in [9.17, 15) is 0 Å². The van der Waals surface area contributed by atoms with Gasteiger partial charge in [-0.3, -0.25) is 4.99 Å². The molecule has 0 heterocycles. The summed E-state index contributed by atoms with van der Waals surface area (Å²) in [5.41, 5.74) is 2.18. The van der Waals surface area contributed by atoms with E-state index in [2.05, 4.69) is 39.7 Å². The van der Waals surface area contributed by atoms with Gasteiger partial charge in [0, 0.05) is 39.4 Å². The first-order valence-corrected chi connectivity index (χ1v) is 9.12. The molecule has 0 saturated heterocycles. The molecule has 0 amide bonds. The highest BCUT2D eigenvalue weighted by atomic mass is 127. The van der Waals surface area contributed by atoms with Gasteiger partial charge >= 0.3 is 0 Å². The molecular weight excluding hydrogens is 483 g/mol. The van der Waals surface area contributed by atoms with E-state index in [1.165, 1.54) is 5.69 Å². The lowest BCUT2D eigenvalue weighted by Gasteiger charge is -2.20. The Kier molecular flexibility index (Phi) is 11.0. The van der Waals surface area contributed by atoms with Crippen molar-refractivity contribution in [2.75, 3.05) is 53.4 Å². The first-order valence-electron chi connectivity index (χ1n) is 9.12. The summed E-state index contributed by atoms with van der Waals surface area (Å²) < 4.78 is 16.2. The zero-order valence-corrected chi connectivity index (χ0v) is 20.0. The van der Waals surface area contributed by atoms with Crippen LogP contribution in [-0.2, 0) is 6.54 Å². The minimum Gasteiger partial charge on any atom is -0.493 e. The van der Waals surface area contributed by atoms with E-state index in [1.807, 2.05) is 30.3 Å². The van der Waals surface area contributed by atoms with Gasteiger partial charge in [-0.25, -0.2) is 0 Å². The van der Waals surface area contributed by atoms with Crippen molar-refractivity contribution < 1.29 is 14.2 Å². The van der Waals surface area contributed by atoms with Crippen LogP contribution in [0.4, 0.5) is 5.69 Å². The molecule has 160 valence electrons. The lowest BCUT2D eigenvalue weighted by molar-refractivity contribution is 0.323. The largest absolute Gasteiger partial charge is 0.493 e. The van der Waals surface area contributed by atoms with Crippen molar-refractivity contribution in [3.8, 4) is 17.2 Å². The third-order valence-electron chi connectivity index (χ3n) is 4.34. The number of hydrogen-bond donors (Lipinski definition) is 2. The van der Waals surface area contributed by atoms with Crippen LogP contribution in [-0.4, -0.2) is 54.5 Å². The lowest BCUT2D eigenvalue weighted by atomic mass is 10.2. The van der Waals surface area contributed by atoms with Gasteiger partial charge in [0.2, 0.25) is 5.75 Å². The number of nitrogens with zero attached hydrogens (tertiary/aromatic N) is 2. The number of ether oxygens (including phenoxy) is 3. The smallest absolute Gasteiger partial charge is 0.203 e. The van der Waals surface area contributed by atoms with Gasteiger partial charge in [-0.15, -0.1) is 24.0 Å². The van der Waals surface area contributed by atoms with Crippen molar-refractivity contribution in [1.82, 2.24) is 10.6 Å². The number of anilines is 1. The molecule has 0 aliphatic rings. The minimum absolute atomic E-state index is 0. The van der Waals surface area contributed by atoms with Gasteiger partial charge in [0.1, 0.15) is 0 Å². The molecule has 0 aliphatic heterocycles. The maximum atomic E-state index is 5.40. The Morgan fingerprint density at radius 2 is 1.59 bits per heavy atom. The van der Waals surface area contributed by atoms with E-state index in [0.717, 1.165) is 24.6 Å². The van der Waals surface area contributed by atoms with Gasteiger partial charge < -0.3 is 29.7 Å². The number of aliphatic imine (C=N–C) groups is 1. The first-order chi connectivity index (χ1) is 13.6. The average molecular weight is 514 g/mol. The van der Waals surface area contributed by atoms with Crippen molar-refractivity contribution in [2.24, 2.45) is 4.99 Å². The predicted molar refractivity (Wildman–Crippen MR) is 129 cm³/mol. The molecule has 0 atom stereocenters. The van der Waals surface area contributed by atoms with Crippen LogP contribution in [0.15, 0.2) is 47.5 Å². The molecule has 0 aromatic heterocycles. The molecule has 0 aliphatic carbocycles. The van der Waals surface area contributed by atoms with E-state index in [4.69, 9.17) is 14.2 Å². The Morgan fingerprint density at radius 1 is 0.966 bits per heavy atom. The molecular formula is C21H31IN4O3. The summed E-state index contributed by atoms with van der Waals surface area (Å²) in [5, 5.41) is 6.64. The van der Waals surface area contributed by atoms with Crippen LogP contribution in [0.25, 0.3) is 0 Å². The van der Waals surface area contributed by atoms with Crippen LogP contribution in [0.2, 0.25) is 0 Å². The molecule has 2 aromatic rings. The Labute approximate surface area is 190 Å². The molecule has 0 spiro atoms. The van der Waals surface area contributed by atoms with E-state index in [-0.39, 0.29) is 24.0 Å². The number of nitrogens with one attached hydrogen (secondary N) is 2. The summed E-state index contributed by atoms with van der Waals surface area (Å²) >= 11 is 0. The highest BCUT2D eigenvalue weighted by Gasteiger charge is 2.13. The van der Waals surface area contributed by atoms with Gasteiger partial charge in [0.25, 0.3) is 0 Å². The molecule has 2 N–H and O–H groups in total. The predicted octanol–water partition coefficient (Wildman–Crippen LogP) is 3.13. The summed E-state index contributed by atoms with van der Waals surface area (Å²) in [7, 11) is 8.64. The zero-order valence-electron chi connectivity index (χ0n) is 17.7. The van der Waals surface area contributed by atoms with Crippen LogP contribution in [0.5, 0.6) is 17.2 Å². The third kappa shape index (κ3) is 7.19. The number of guanidine groups is 1. The molecule has 0 unspecified atom stereocenters. The second kappa shape index (κ2) is 13.0. The Balaban J connectivity index is 0.00000420. The maximum absolute atomic E-state index is 5.40. The average Bonchev–Trinajstić information content (AvgIpc) is 2.75. The number of methoxy groups -OCH3 is 3. The van der Waals surface area contributed by atoms with Crippen molar-refractivity contribution in [1.29, 1.82) is 0 Å². The number of rotatable bonds is 9. The van der Waals surface area contributed by atoms with Crippen LogP contribution in [0.1, 0.15) is 5.56 Å². The molecule has 0 bridgehead atoms. The highest BCUT2D eigenvalue weighted by molar-refractivity contribution is 14.0. The minimum atomic E-state index is 0. The molecule has 0 radical (unpaired) electrons. The van der Waals surface area contributed by atoms with Crippen molar-refractivity contribution in [3.05, 3.63) is 48.0 Å². The Hall–Kier alpha value is -2.36. The van der Waals surface area contributed by atoms with E-state index < -0.39 is 0 Å². The summed E-state index contributed by atoms with van der Waals surface area (Å²) in [6.07, 6.45) is 0. The van der Waals surface area contributed by atoms with Crippen molar-refractivity contribution in [2.45, 2.75) is 6.54 Å². The number of benzene rings is 2. The molecule has 7 nitrogen and oxygen atoms in total. The lowest BCUT2D eigenvalue weighted by Crippen LogP contribution is -2.40. The Morgan fingerprint density at radius 3 is 2.10 bits per heavy atom. The monoisotopic (exact) mass is 514 g/mol. The second-order valence-corrected chi connectivity index (χ2v) is 6.14. The number of halogens is 1. The van der Waals surface area contributed by atoms with Gasteiger partial charge in [-0.1, -0.05) is 18.2 Å². The number of para-hydroxylation sites is 1. The quantitative estimate of drug-likeness (QED) is 0.305. The molecule has 2 rings (SSSR count). The van der Waals surface area contributed by atoms with Crippen LogP contribution in [0.3, 0.4) is 0 Å². The summed E-state index contributed by atoms with van der Waals surface area (Å²) in [4.78, 5) is 6.47. The zero-order chi connectivity index (χ0) is 20.4. The normalized spacial score (nSPS) is 10.6. The molecule has 0 saturated carbocycles. The van der Waals surface area contributed by atoms with Crippen LogP contribution < -0.4 is 29.7 Å². The van der Waals surface area contributed by atoms with Crippen LogP contribution in [0, 0.1) is 0 Å². The first kappa shape index (κ1) is 24.7. The topological polar surface area (TPSA) is 67.4 Å². The SMILES string of the molecule is CN=C(NCCN(C)c1ccccc1)NCc1cc(OC)c(OC)c(OC)c1.I. The van der Waals surface area contributed by atoms with Crippen LogP contribution >= 0.6 is 24.0 Å². The fourth-order valence-electron chi connectivity index (χ4n) is 2.80. The third-order valence-corrected chi connectivity index (χ3v) is 4.34. The number of hydrogen-bond acceptors (Lipinski definition) is 5. The van der Waals surface area contributed by atoms with E-state index in [1.54, 1.807) is 28.4 Å². The van der Waals surface area contributed by atoms with Crippen molar-refractivity contribution >= 4 is 35.6 Å². The molecule has 8 heteroatoms. The van der Waals surface area contributed by atoms with E-state index >= 15 is 0 Å². The van der Waals surface area contributed by atoms with Crippen molar-refractivity contribution in [3.63, 3.8) is 0 Å². The number of likely N-dealkylation sites (N-methyl/N-ethyl adjacent to an activating group) is 1.